The Morgan fingerprint density at radius 2 is 2.14 bits per heavy atom. The lowest BCUT2D eigenvalue weighted by Gasteiger charge is -2.09. The zero-order chi connectivity index (χ0) is 10.8. The summed E-state index contributed by atoms with van der Waals surface area (Å²) in [6, 6.07) is 0. The molecule has 0 radical (unpaired) electrons. The third-order valence-corrected chi connectivity index (χ3v) is 4.66. The molecular formula is C9H14O4S. The Morgan fingerprint density at radius 1 is 1.50 bits per heavy atom. The highest BCUT2D eigenvalue weighted by Crippen LogP contribution is 2.26. The summed E-state index contributed by atoms with van der Waals surface area (Å²) in [4.78, 5) is 10.3. The van der Waals surface area contributed by atoms with Crippen LogP contribution in [0.2, 0.25) is 0 Å². The molecule has 1 heterocycles. The molecule has 1 aliphatic rings. The fourth-order valence-electron chi connectivity index (χ4n) is 1.70. The number of carboxylic acid groups (broad SMARTS) is 1. The van der Waals surface area contributed by atoms with Crippen LogP contribution in [0.15, 0.2) is 12.2 Å². The van der Waals surface area contributed by atoms with Crippen LogP contribution in [0.4, 0.5) is 0 Å². The molecule has 1 fully saturated rings. The summed E-state index contributed by atoms with van der Waals surface area (Å²) < 4.78 is 22.8. The molecule has 1 rings (SSSR count). The van der Waals surface area contributed by atoms with Crippen LogP contribution in [0.3, 0.4) is 0 Å². The maximum absolute atomic E-state index is 11.4. The maximum Gasteiger partial charge on any atom is 0.307 e. The lowest BCUT2D eigenvalue weighted by molar-refractivity contribution is -0.136. The molecule has 0 amide bonds. The lowest BCUT2D eigenvalue weighted by Crippen LogP contribution is -2.17. The minimum absolute atomic E-state index is 0.133. The number of carboxylic acids is 1. The van der Waals surface area contributed by atoms with E-state index in [9.17, 15) is 13.2 Å². The largest absolute Gasteiger partial charge is 0.481 e. The van der Waals surface area contributed by atoms with E-state index in [2.05, 4.69) is 6.58 Å². The number of aliphatic carboxylic acids is 1. The molecule has 14 heavy (non-hydrogen) atoms. The molecule has 0 saturated carbocycles. The predicted octanol–water partition coefficient (Wildman–Crippen LogP) is 0.985. The van der Waals surface area contributed by atoms with Gasteiger partial charge in [-0.1, -0.05) is 12.2 Å². The minimum Gasteiger partial charge on any atom is -0.481 e. The van der Waals surface area contributed by atoms with Crippen LogP contribution < -0.4 is 0 Å². The Labute approximate surface area is 83.5 Å². The van der Waals surface area contributed by atoms with Crippen LogP contribution in [-0.4, -0.2) is 30.5 Å². The molecule has 0 aromatic heterocycles. The standard InChI is InChI=1S/C9H14O4S/c1-7(6-9(10)11)5-8-3-2-4-14(8,12)13/h8H,1-6H2,(H,10,11). The third-order valence-electron chi connectivity index (χ3n) is 2.38. The molecule has 0 aromatic rings. The van der Waals surface area contributed by atoms with Crippen molar-refractivity contribution < 1.29 is 18.3 Å². The molecule has 0 aliphatic carbocycles. The monoisotopic (exact) mass is 218 g/mol. The summed E-state index contributed by atoms with van der Waals surface area (Å²) in [7, 11) is -2.97. The van der Waals surface area contributed by atoms with Crippen LogP contribution in [-0.2, 0) is 14.6 Å². The molecule has 1 unspecified atom stereocenters. The second-order valence-electron chi connectivity index (χ2n) is 3.66. The minimum atomic E-state index is -2.97. The van der Waals surface area contributed by atoms with E-state index < -0.39 is 21.1 Å². The molecule has 1 saturated heterocycles. The summed E-state index contributed by atoms with van der Waals surface area (Å²) >= 11 is 0. The Kier molecular flexibility index (Phi) is 3.31. The molecule has 0 spiro atoms. The van der Waals surface area contributed by atoms with Crippen LogP contribution in [0.1, 0.15) is 25.7 Å². The fraction of sp³-hybridized carbons (Fsp3) is 0.667. The van der Waals surface area contributed by atoms with Gasteiger partial charge >= 0.3 is 5.97 Å². The van der Waals surface area contributed by atoms with Gasteiger partial charge in [0, 0.05) is 0 Å². The number of rotatable bonds is 4. The average Bonchev–Trinajstić information content (AvgIpc) is 2.29. The van der Waals surface area contributed by atoms with Crippen molar-refractivity contribution in [2.24, 2.45) is 0 Å². The van der Waals surface area contributed by atoms with E-state index in [1.54, 1.807) is 0 Å². The van der Waals surface area contributed by atoms with Crippen molar-refractivity contribution >= 4 is 15.8 Å². The molecular weight excluding hydrogens is 204 g/mol. The first kappa shape index (κ1) is 11.2. The third kappa shape index (κ3) is 2.83. The normalized spacial score (nSPS) is 24.7. The van der Waals surface area contributed by atoms with Gasteiger partial charge in [0.1, 0.15) is 0 Å². The summed E-state index contributed by atoms with van der Waals surface area (Å²) in [6.45, 7) is 3.58. The zero-order valence-electron chi connectivity index (χ0n) is 7.90. The molecule has 0 aromatic carbocycles. The van der Waals surface area contributed by atoms with Crippen molar-refractivity contribution in [1.82, 2.24) is 0 Å². The highest BCUT2D eigenvalue weighted by Gasteiger charge is 2.31. The number of carbonyl (C=O) groups is 1. The van der Waals surface area contributed by atoms with E-state index in [1.807, 2.05) is 0 Å². The highest BCUT2D eigenvalue weighted by atomic mass is 32.2. The second-order valence-corrected chi connectivity index (χ2v) is 6.06. The molecule has 1 N–H and O–H groups in total. The smallest absolute Gasteiger partial charge is 0.307 e. The van der Waals surface area contributed by atoms with Crippen molar-refractivity contribution in [1.29, 1.82) is 0 Å². The van der Waals surface area contributed by atoms with Crippen molar-refractivity contribution in [2.45, 2.75) is 30.9 Å². The van der Waals surface area contributed by atoms with Gasteiger partial charge < -0.3 is 5.11 Å². The summed E-state index contributed by atoms with van der Waals surface area (Å²) in [5.74, 6) is -0.719. The molecule has 80 valence electrons. The molecule has 0 bridgehead atoms. The van der Waals surface area contributed by atoms with Crippen LogP contribution in [0, 0.1) is 0 Å². The summed E-state index contributed by atoms with van der Waals surface area (Å²) in [5, 5.41) is 8.08. The molecule has 1 atom stereocenters. The van der Waals surface area contributed by atoms with Crippen LogP contribution in [0.5, 0.6) is 0 Å². The van der Waals surface area contributed by atoms with Gasteiger partial charge in [0.15, 0.2) is 9.84 Å². The molecule has 1 aliphatic heterocycles. The van der Waals surface area contributed by atoms with Crippen molar-refractivity contribution in [2.75, 3.05) is 5.75 Å². The highest BCUT2D eigenvalue weighted by molar-refractivity contribution is 7.92. The van der Waals surface area contributed by atoms with Crippen LogP contribution >= 0.6 is 0 Å². The molecule has 4 nitrogen and oxygen atoms in total. The van der Waals surface area contributed by atoms with Gasteiger partial charge in [-0.05, 0) is 19.3 Å². The van der Waals surface area contributed by atoms with Gasteiger partial charge in [0.25, 0.3) is 0 Å². The summed E-state index contributed by atoms with van der Waals surface area (Å²) in [6.07, 6.45) is 1.50. The van der Waals surface area contributed by atoms with E-state index in [4.69, 9.17) is 5.11 Å². The van der Waals surface area contributed by atoms with E-state index in [1.165, 1.54) is 0 Å². The SMILES string of the molecule is C=C(CC(=O)O)CC1CCCS1(=O)=O. The Morgan fingerprint density at radius 3 is 2.57 bits per heavy atom. The van der Waals surface area contributed by atoms with Gasteiger partial charge in [-0.3, -0.25) is 4.79 Å². The van der Waals surface area contributed by atoms with Crippen molar-refractivity contribution in [3.63, 3.8) is 0 Å². The van der Waals surface area contributed by atoms with Crippen molar-refractivity contribution in [3.05, 3.63) is 12.2 Å². The lowest BCUT2D eigenvalue weighted by atomic mass is 10.1. The van der Waals surface area contributed by atoms with Gasteiger partial charge in [-0.2, -0.15) is 0 Å². The first-order chi connectivity index (χ1) is 6.42. The quantitative estimate of drug-likeness (QED) is 0.714. The maximum atomic E-state index is 11.4. The van der Waals surface area contributed by atoms with Gasteiger partial charge in [0.05, 0.1) is 17.4 Å². The van der Waals surface area contributed by atoms with E-state index in [0.717, 1.165) is 0 Å². The Bertz CT molecular complexity index is 342. The summed E-state index contributed by atoms with van der Waals surface area (Å²) in [5.41, 5.74) is 0.493. The molecule has 5 heteroatoms. The average molecular weight is 218 g/mol. The fourth-order valence-corrected chi connectivity index (χ4v) is 3.61. The van der Waals surface area contributed by atoms with E-state index in [-0.39, 0.29) is 12.2 Å². The number of hydrogen-bond donors (Lipinski definition) is 1. The first-order valence-corrected chi connectivity index (χ1v) is 6.23. The Hall–Kier alpha value is -0.840. The van der Waals surface area contributed by atoms with E-state index >= 15 is 0 Å². The van der Waals surface area contributed by atoms with Crippen LogP contribution in [0.25, 0.3) is 0 Å². The topological polar surface area (TPSA) is 71.4 Å². The van der Waals surface area contributed by atoms with Gasteiger partial charge in [0.2, 0.25) is 0 Å². The first-order valence-electron chi connectivity index (χ1n) is 4.52. The van der Waals surface area contributed by atoms with Crippen molar-refractivity contribution in [3.8, 4) is 0 Å². The number of hydrogen-bond acceptors (Lipinski definition) is 3. The second kappa shape index (κ2) is 4.13. The van der Waals surface area contributed by atoms with Gasteiger partial charge in [-0.15, -0.1) is 0 Å². The van der Waals surface area contributed by atoms with Gasteiger partial charge in [-0.25, -0.2) is 8.42 Å². The number of sulfone groups is 1. The van der Waals surface area contributed by atoms with E-state index in [0.29, 0.717) is 24.8 Å². The zero-order valence-corrected chi connectivity index (χ0v) is 8.72. The Balaban J connectivity index is 2.53. The predicted molar refractivity (Wildman–Crippen MR) is 52.8 cm³/mol.